The fraction of sp³-hybridized carbons (Fsp3) is 0.462. The Bertz CT molecular complexity index is 1210. The first-order valence-electron chi connectivity index (χ1n) is 12.2. The van der Waals surface area contributed by atoms with Crippen LogP contribution in [0.15, 0.2) is 6.07 Å². The van der Waals surface area contributed by atoms with Crippen molar-refractivity contribution in [2.24, 2.45) is 0 Å². The van der Waals surface area contributed by atoms with E-state index in [1.807, 2.05) is 0 Å². The van der Waals surface area contributed by atoms with Gasteiger partial charge in [-0.1, -0.05) is 0 Å². The number of carbonyl (C=O) groups excluding carboxylic acids is 1. The van der Waals surface area contributed by atoms with Crippen LogP contribution in [-0.2, 0) is 22.6 Å². The Labute approximate surface area is 214 Å². The molecule has 2 aliphatic heterocycles. The molecule has 200 valence electrons. The molecule has 4 N–H and O–H groups in total. The van der Waals surface area contributed by atoms with Gasteiger partial charge in [0.25, 0.3) is 0 Å². The first kappa shape index (κ1) is 26.7. The molecule has 11 heteroatoms. The summed E-state index contributed by atoms with van der Waals surface area (Å²) in [4.78, 5) is 27.6. The molecule has 1 fully saturated rings. The highest BCUT2D eigenvalue weighted by Gasteiger charge is 2.35. The van der Waals surface area contributed by atoms with E-state index in [1.165, 1.54) is 13.0 Å². The minimum Gasteiger partial charge on any atom is -0.507 e. The third-order valence-corrected chi connectivity index (χ3v) is 6.55. The zero-order valence-electron chi connectivity index (χ0n) is 21.2. The van der Waals surface area contributed by atoms with Crippen molar-refractivity contribution in [1.29, 1.82) is 0 Å². The van der Waals surface area contributed by atoms with Crippen molar-refractivity contribution in [3.63, 3.8) is 0 Å². The van der Waals surface area contributed by atoms with Crippen LogP contribution in [0, 0.1) is 13.8 Å². The fourth-order valence-electron chi connectivity index (χ4n) is 4.56. The number of aromatic carboxylic acids is 1. The molecule has 0 aliphatic carbocycles. The topological polar surface area (TPSA) is 147 Å². The number of benzene rings is 2. The minimum absolute atomic E-state index is 0.00642. The monoisotopic (exact) mass is 516 g/mol. The van der Waals surface area contributed by atoms with Gasteiger partial charge in [-0.05, 0) is 32.4 Å². The number of hydrogen-bond donors (Lipinski definition) is 4. The first-order chi connectivity index (χ1) is 17.7. The van der Waals surface area contributed by atoms with Crippen molar-refractivity contribution in [3.05, 3.63) is 39.4 Å². The lowest BCUT2D eigenvalue weighted by Crippen LogP contribution is -2.40. The number of fused-ring (bicyclic) bond motifs is 2. The summed E-state index contributed by atoms with van der Waals surface area (Å²) in [7, 11) is 0. The summed E-state index contributed by atoms with van der Waals surface area (Å²) in [5.74, 6) is -2.81. The number of nitrogens with one attached hydrogen (secondary N) is 1. The average Bonchev–Trinajstić information content (AvgIpc) is 3.00. The Kier molecular flexibility index (Phi) is 8.18. The van der Waals surface area contributed by atoms with Crippen LogP contribution in [0.5, 0.6) is 28.7 Å². The van der Waals surface area contributed by atoms with E-state index in [4.69, 9.17) is 18.9 Å². The predicted octanol–water partition coefficient (Wildman–Crippen LogP) is 2.70. The van der Waals surface area contributed by atoms with Crippen LogP contribution in [0.2, 0.25) is 0 Å². The van der Waals surface area contributed by atoms with Gasteiger partial charge < -0.3 is 39.6 Å². The zero-order valence-corrected chi connectivity index (χ0v) is 21.2. The highest BCUT2D eigenvalue weighted by molar-refractivity contribution is 6.00. The number of carboxylic acid groups (broad SMARTS) is 1. The van der Waals surface area contributed by atoms with E-state index < -0.39 is 17.7 Å². The summed E-state index contributed by atoms with van der Waals surface area (Å²) in [6.07, 6.45) is 0. The van der Waals surface area contributed by atoms with Crippen LogP contribution < -0.4 is 14.8 Å². The molecule has 0 unspecified atom stereocenters. The molecule has 11 nitrogen and oxygen atoms in total. The molecule has 37 heavy (non-hydrogen) atoms. The molecule has 0 amide bonds. The van der Waals surface area contributed by atoms with Gasteiger partial charge in [-0.2, -0.15) is 0 Å². The van der Waals surface area contributed by atoms with Crippen LogP contribution in [0.1, 0.15) is 49.9 Å². The Balaban J connectivity index is 1.73. The standard InChI is InChI=1S/C26H32N2O9/c1-4-34-13-17-21(30)20(25(31)32)15(3)22-24(17)37-26(33)19-14(2)11-18(29)16(23(19)36-22)12-27-5-6-28-7-9-35-10-8-28/h11,27,29-30H,4-10,12-13H2,1-3H3,(H,31,32). The molecule has 0 spiro atoms. The van der Waals surface area contributed by atoms with Crippen molar-refractivity contribution < 1.29 is 43.9 Å². The Morgan fingerprint density at radius 1 is 1.11 bits per heavy atom. The number of phenolic OH excluding ortho intramolecular Hbond substituents is 1. The predicted molar refractivity (Wildman–Crippen MR) is 132 cm³/mol. The Morgan fingerprint density at radius 3 is 2.51 bits per heavy atom. The molecule has 0 radical (unpaired) electrons. The van der Waals surface area contributed by atoms with E-state index in [9.17, 15) is 24.9 Å². The van der Waals surface area contributed by atoms with E-state index in [0.29, 0.717) is 30.9 Å². The molecular formula is C26H32N2O9. The van der Waals surface area contributed by atoms with Gasteiger partial charge in [0, 0.05) is 44.9 Å². The molecule has 1 saturated heterocycles. The third-order valence-electron chi connectivity index (χ3n) is 6.55. The molecule has 0 saturated carbocycles. The number of hydrogen-bond acceptors (Lipinski definition) is 10. The van der Waals surface area contributed by atoms with Crippen LogP contribution in [0.3, 0.4) is 0 Å². The maximum atomic E-state index is 13.3. The highest BCUT2D eigenvalue weighted by atomic mass is 16.6. The number of morpholine rings is 1. The summed E-state index contributed by atoms with van der Waals surface area (Å²) in [5, 5.41) is 34.6. The van der Waals surface area contributed by atoms with E-state index in [1.54, 1.807) is 13.8 Å². The van der Waals surface area contributed by atoms with Crippen molar-refractivity contribution in [1.82, 2.24) is 10.2 Å². The molecule has 4 rings (SSSR count). The molecular weight excluding hydrogens is 484 g/mol. The number of carbonyl (C=O) groups is 2. The lowest BCUT2D eigenvalue weighted by atomic mass is 10.00. The van der Waals surface area contributed by atoms with Crippen LogP contribution in [0.4, 0.5) is 0 Å². The van der Waals surface area contributed by atoms with Gasteiger partial charge in [0.1, 0.15) is 22.6 Å². The number of nitrogens with zero attached hydrogens (tertiary/aromatic N) is 1. The number of esters is 1. The van der Waals surface area contributed by atoms with Gasteiger partial charge >= 0.3 is 11.9 Å². The highest BCUT2D eigenvalue weighted by Crippen LogP contribution is 2.50. The summed E-state index contributed by atoms with van der Waals surface area (Å²) < 4.78 is 22.7. The number of aryl methyl sites for hydroxylation is 1. The van der Waals surface area contributed by atoms with Gasteiger partial charge in [0.15, 0.2) is 17.2 Å². The van der Waals surface area contributed by atoms with E-state index in [-0.39, 0.29) is 65.0 Å². The Hall–Kier alpha value is -3.38. The fourth-order valence-corrected chi connectivity index (χ4v) is 4.56. The van der Waals surface area contributed by atoms with E-state index in [2.05, 4.69) is 10.2 Å². The lowest BCUT2D eigenvalue weighted by molar-refractivity contribution is 0.0384. The van der Waals surface area contributed by atoms with Crippen LogP contribution in [-0.4, -0.2) is 78.2 Å². The SMILES string of the molecule is CCOCc1c(O)c(C(=O)O)c(C)c2c1OC(=O)c1c(C)cc(O)c(CNCCN3CCOCC3)c1O2. The molecule has 0 aromatic heterocycles. The summed E-state index contributed by atoms with van der Waals surface area (Å²) in [6.45, 7) is 9.61. The third kappa shape index (κ3) is 5.35. The molecule has 2 aliphatic rings. The van der Waals surface area contributed by atoms with Crippen LogP contribution in [0.25, 0.3) is 0 Å². The molecule has 2 aromatic rings. The smallest absolute Gasteiger partial charge is 0.347 e. The number of ether oxygens (including phenoxy) is 4. The first-order valence-corrected chi connectivity index (χ1v) is 12.2. The molecule has 2 aromatic carbocycles. The largest absolute Gasteiger partial charge is 0.507 e. The molecule has 2 heterocycles. The lowest BCUT2D eigenvalue weighted by Gasteiger charge is -2.26. The van der Waals surface area contributed by atoms with Gasteiger partial charge in [-0.15, -0.1) is 0 Å². The minimum atomic E-state index is -1.37. The van der Waals surface area contributed by atoms with Gasteiger partial charge in [-0.3, -0.25) is 4.90 Å². The van der Waals surface area contributed by atoms with Crippen molar-refractivity contribution in [3.8, 4) is 28.7 Å². The van der Waals surface area contributed by atoms with Gasteiger partial charge in [0.2, 0.25) is 0 Å². The maximum absolute atomic E-state index is 13.3. The summed E-state index contributed by atoms with van der Waals surface area (Å²) >= 11 is 0. The maximum Gasteiger partial charge on any atom is 0.347 e. The van der Waals surface area contributed by atoms with Crippen molar-refractivity contribution in [2.45, 2.75) is 33.9 Å². The van der Waals surface area contributed by atoms with Gasteiger partial charge in [-0.25, -0.2) is 9.59 Å². The normalized spacial score (nSPS) is 15.4. The van der Waals surface area contributed by atoms with Crippen LogP contribution >= 0.6 is 0 Å². The quantitative estimate of drug-likeness (QED) is 0.222. The Morgan fingerprint density at radius 2 is 1.84 bits per heavy atom. The zero-order chi connectivity index (χ0) is 26.7. The molecule has 0 bridgehead atoms. The molecule has 0 atom stereocenters. The average molecular weight is 517 g/mol. The number of rotatable bonds is 9. The summed E-state index contributed by atoms with van der Waals surface area (Å²) in [5.41, 5.74) is 0.561. The summed E-state index contributed by atoms with van der Waals surface area (Å²) in [6, 6.07) is 1.46. The second kappa shape index (κ2) is 11.3. The van der Waals surface area contributed by atoms with Crippen molar-refractivity contribution in [2.75, 3.05) is 46.0 Å². The van der Waals surface area contributed by atoms with Crippen molar-refractivity contribution >= 4 is 11.9 Å². The van der Waals surface area contributed by atoms with Gasteiger partial charge in [0.05, 0.1) is 30.9 Å². The number of phenols is 2. The van der Waals surface area contributed by atoms with E-state index in [0.717, 1.165) is 19.6 Å². The van der Waals surface area contributed by atoms with E-state index >= 15 is 0 Å². The number of aromatic hydroxyl groups is 2. The number of carboxylic acids is 1. The second-order valence-electron chi connectivity index (χ2n) is 8.95. The second-order valence-corrected chi connectivity index (χ2v) is 8.95.